The highest BCUT2D eigenvalue weighted by atomic mass is 16.7. The predicted octanol–water partition coefficient (Wildman–Crippen LogP) is 3.13. The van der Waals surface area contributed by atoms with E-state index in [-0.39, 0.29) is 5.92 Å². The molecule has 6 heteroatoms. The molecule has 2 fully saturated rings. The normalized spacial score (nSPS) is 25.2. The van der Waals surface area contributed by atoms with Crippen molar-refractivity contribution >= 4 is 5.91 Å². The van der Waals surface area contributed by atoms with Crippen LogP contribution in [-0.2, 0) is 11.3 Å². The molecule has 1 aromatic rings. The molecule has 1 aliphatic carbocycles. The first kappa shape index (κ1) is 20.8. The molecule has 1 atom stereocenters. The summed E-state index contributed by atoms with van der Waals surface area (Å²) in [5, 5.41) is 0. The first-order valence-electron chi connectivity index (χ1n) is 12.0. The van der Waals surface area contributed by atoms with Gasteiger partial charge in [-0.15, -0.1) is 0 Å². The molecule has 0 N–H and O–H groups in total. The number of piperidine rings is 1. The second-order valence-electron chi connectivity index (χ2n) is 9.51. The summed E-state index contributed by atoms with van der Waals surface area (Å²) >= 11 is 0. The molecule has 0 saturated carbocycles. The predicted molar refractivity (Wildman–Crippen MR) is 120 cm³/mol. The average Bonchev–Trinajstić information content (AvgIpc) is 3.28. The van der Waals surface area contributed by atoms with Gasteiger partial charge in [-0.25, -0.2) is 0 Å². The minimum absolute atomic E-state index is 0.225. The Morgan fingerprint density at radius 3 is 2.48 bits per heavy atom. The molecule has 4 aliphatic rings. The Bertz CT molecular complexity index is 795. The van der Waals surface area contributed by atoms with Crippen molar-refractivity contribution in [2.75, 3.05) is 52.6 Å². The van der Waals surface area contributed by atoms with E-state index in [9.17, 15) is 4.79 Å². The zero-order valence-corrected chi connectivity index (χ0v) is 18.5. The van der Waals surface area contributed by atoms with Crippen molar-refractivity contribution in [3.8, 4) is 11.5 Å². The maximum absolute atomic E-state index is 13.1. The summed E-state index contributed by atoms with van der Waals surface area (Å²) < 4.78 is 10.9. The summed E-state index contributed by atoms with van der Waals surface area (Å²) in [6.45, 7) is 8.16. The summed E-state index contributed by atoms with van der Waals surface area (Å²) in [6.07, 6.45) is 10.5. The Balaban J connectivity index is 1.05. The fourth-order valence-corrected chi connectivity index (χ4v) is 5.43. The van der Waals surface area contributed by atoms with Crippen LogP contribution in [0, 0.1) is 11.8 Å². The Morgan fingerprint density at radius 1 is 0.903 bits per heavy atom. The highest BCUT2D eigenvalue weighted by Crippen LogP contribution is 2.33. The van der Waals surface area contributed by atoms with Crippen molar-refractivity contribution in [3.05, 3.63) is 35.9 Å². The molecule has 1 amide bonds. The number of hydrogen-bond donors (Lipinski definition) is 0. The molecule has 0 bridgehead atoms. The van der Waals surface area contributed by atoms with E-state index in [2.05, 4.69) is 39.0 Å². The molecule has 1 unspecified atom stereocenters. The van der Waals surface area contributed by atoms with Crippen LogP contribution in [0.2, 0.25) is 0 Å². The van der Waals surface area contributed by atoms with Crippen LogP contribution in [0.5, 0.6) is 11.5 Å². The van der Waals surface area contributed by atoms with Crippen LogP contribution in [0.3, 0.4) is 0 Å². The zero-order valence-electron chi connectivity index (χ0n) is 18.5. The maximum Gasteiger partial charge on any atom is 0.231 e. The van der Waals surface area contributed by atoms with Gasteiger partial charge in [-0.2, -0.15) is 0 Å². The van der Waals surface area contributed by atoms with Crippen LogP contribution < -0.4 is 9.47 Å². The number of benzene rings is 1. The Morgan fingerprint density at radius 2 is 1.71 bits per heavy atom. The lowest BCUT2D eigenvalue weighted by molar-refractivity contribution is -0.139. The third kappa shape index (κ3) is 5.07. The van der Waals surface area contributed by atoms with Crippen molar-refractivity contribution in [1.29, 1.82) is 0 Å². The van der Waals surface area contributed by atoms with E-state index >= 15 is 0 Å². The Labute approximate surface area is 185 Å². The SMILES string of the molecule is O=C(C1CCN(CC2CC=CCC2)CC1)N1CCN(Cc2ccc3c(c2)OCO3)CC1. The first-order chi connectivity index (χ1) is 15.2. The van der Waals surface area contributed by atoms with Crippen molar-refractivity contribution in [2.24, 2.45) is 11.8 Å². The monoisotopic (exact) mass is 425 g/mol. The number of rotatable bonds is 5. The summed E-state index contributed by atoms with van der Waals surface area (Å²) in [5.41, 5.74) is 1.24. The second kappa shape index (κ2) is 9.61. The first-order valence-corrected chi connectivity index (χ1v) is 12.0. The van der Waals surface area contributed by atoms with Gasteiger partial charge in [0.15, 0.2) is 11.5 Å². The molecule has 168 valence electrons. The summed E-state index contributed by atoms with van der Waals surface area (Å²) in [7, 11) is 0. The van der Waals surface area contributed by atoms with Gasteiger partial charge in [0.25, 0.3) is 0 Å². The minimum Gasteiger partial charge on any atom is -0.454 e. The van der Waals surface area contributed by atoms with E-state index in [1.54, 1.807) is 0 Å². The number of likely N-dealkylation sites (tertiary alicyclic amines) is 1. The molecule has 31 heavy (non-hydrogen) atoms. The van der Waals surface area contributed by atoms with Gasteiger partial charge >= 0.3 is 0 Å². The summed E-state index contributed by atoms with van der Waals surface area (Å²) in [4.78, 5) is 20.2. The van der Waals surface area contributed by atoms with E-state index < -0.39 is 0 Å². The van der Waals surface area contributed by atoms with Gasteiger partial charge in [0.1, 0.15) is 0 Å². The maximum atomic E-state index is 13.1. The lowest BCUT2D eigenvalue weighted by Gasteiger charge is -2.39. The standard InChI is InChI=1S/C25H35N3O3/c29-25(22-8-10-26(11-9-22)17-20-4-2-1-3-5-20)28-14-12-27(13-15-28)18-21-6-7-23-24(16-21)31-19-30-23/h1-2,6-7,16,20,22H,3-5,8-15,17-19H2. The Hall–Kier alpha value is -2.05. The van der Waals surface area contributed by atoms with E-state index in [1.807, 2.05) is 6.07 Å². The van der Waals surface area contributed by atoms with Gasteiger partial charge in [0.05, 0.1) is 0 Å². The number of piperazine rings is 1. The van der Waals surface area contributed by atoms with Gasteiger partial charge in [-0.05, 0) is 68.8 Å². The molecule has 2 saturated heterocycles. The molecule has 3 aliphatic heterocycles. The quantitative estimate of drug-likeness (QED) is 0.679. The van der Waals surface area contributed by atoms with Crippen molar-refractivity contribution in [2.45, 2.75) is 38.6 Å². The fourth-order valence-electron chi connectivity index (χ4n) is 5.43. The molecule has 0 spiro atoms. The van der Waals surface area contributed by atoms with Gasteiger partial charge < -0.3 is 19.3 Å². The number of hydrogen-bond acceptors (Lipinski definition) is 5. The number of fused-ring (bicyclic) bond motifs is 1. The zero-order chi connectivity index (χ0) is 21.0. The topological polar surface area (TPSA) is 45.3 Å². The number of carbonyl (C=O) groups is 1. The minimum atomic E-state index is 0.225. The number of carbonyl (C=O) groups excluding carboxylic acids is 1. The van der Waals surface area contributed by atoms with Crippen molar-refractivity contribution in [1.82, 2.24) is 14.7 Å². The third-order valence-electron chi connectivity index (χ3n) is 7.36. The van der Waals surface area contributed by atoms with Crippen LogP contribution in [-0.4, -0.2) is 73.2 Å². The average molecular weight is 426 g/mol. The molecule has 0 aromatic heterocycles. The molecular formula is C25H35N3O3. The van der Waals surface area contributed by atoms with Gasteiger partial charge in [0, 0.05) is 45.2 Å². The van der Waals surface area contributed by atoms with Crippen LogP contribution >= 0.6 is 0 Å². The van der Waals surface area contributed by atoms with Crippen molar-refractivity contribution < 1.29 is 14.3 Å². The molecule has 0 radical (unpaired) electrons. The number of ether oxygens (including phenoxy) is 2. The number of allylic oxidation sites excluding steroid dienone is 2. The second-order valence-corrected chi connectivity index (χ2v) is 9.51. The van der Waals surface area contributed by atoms with Crippen LogP contribution in [0.1, 0.15) is 37.7 Å². The van der Waals surface area contributed by atoms with E-state index in [0.717, 1.165) is 76.1 Å². The highest BCUT2D eigenvalue weighted by molar-refractivity contribution is 5.79. The molecule has 1 aromatic carbocycles. The van der Waals surface area contributed by atoms with Crippen LogP contribution in [0.4, 0.5) is 0 Å². The number of amides is 1. The van der Waals surface area contributed by atoms with E-state index in [1.165, 1.54) is 31.4 Å². The van der Waals surface area contributed by atoms with E-state index in [0.29, 0.717) is 12.7 Å². The largest absolute Gasteiger partial charge is 0.454 e. The molecule has 6 nitrogen and oxygen atoms in total. The molecular weight excluding hydrogens is 390 g/mol. The van der Waals surface area contributed by atoms with Gasteiger partial charge in [-0.1, -0.05) is 18.2 Å². The highest BCUT2D eigenvalue weighted by Gasteiger charge is 2.31. The summed E-state index contributed by atoms with van der Waals surface area (Å²) in [6, 6.07) is 6.19. The molecule has 3 heterocycles. The fraction of sp³-hybridized carbons (Fsp3) is 0.640. The lowest BCUT2D eigenvalue weighted by Crippen LogP contribution is -2.51. The lowest BCUT2D eigenvalue weighted by atomic mass is 9.91. The molecule has 5 rings (SSSR count). The van der Waals surface area contributed by atoms with Crippen molar-refractivity contribution in [3.63, 3.8) is 0 Å². The van der Waals surface area contributed by atoms with Crippen LogP contribution in [0.15, 0.2) is 30.4 Å². The van der Waals surface area contributed by atoms with Gasteiger partial charge in [0.2, 0.25) is 12.7 Å². The smallest absolute Gasteiger partial charge is 0.231 e. The van der Waals surface area contributed by atoms with E-state index in [4.69, 9.17) is 9.47 Å². The van der Waals surface area contributed by atoms with Gasteiger partial charge in [-0.3, -0.25) is 9.69 Å². The Kier molecular flexibility index (Phi) is 6.46. The van der Waals surface area contributed by atoms with Crippen LogP contribution in [0.25, 0.3) is 0 Å². The summed E-state index contributed by atoms with van der Waals surface area (Å²) in [5.74, 6) is 3.11. The third-order valence-corrected chi connectivity index (χ3v) is 7.36. The number of nitrogens with zero attached hydrogens (tertiary/aromatic N) is 3.